The monoisotopic (exact) mass is 606 g/mol. The Labute approximate surface area is 255 Å². The molecule has 0 aliphatic carbocycles. The van der Waals surface area contributed by atoms with Gasteiger partial charge in [0, 0.05) is 43.9 Å². The van der Waals surface area contributed by atoms with E-state index in [1.54, 1.807) is 19.1 Å². The summed E-state index contributed by atoms with van der Waals surface area (Å²) < 4.78 is 5.20. The first kappa shape index (κ1) is 29.2. The van der Waals surface area contributed by atoms with Crippen LogP contribution in [0.1, 0.15) is 34.6 Å². The lowest BCUT2D eigenvalue weighted by Gasteiger charge is -2.33. The Bertz CT molecular complexity index is 1510. The maximum Gasteiger partial charge on any atom is 0.255 e. The number of carbonyl (C=O) groups is 2. The lowest BCUT2D eigenvalue weighted by atomic mass is 10.0. The summed E-state index contributed by atoms with van der Waals surface area (Å²) >= 11 is 6.44. The number of nitrogens with one attached hydrogen (secondary N) is 2. The molecule has 3 aliphatic rings. The smallest absolute Gasteiger partial charge is 0.255 e. The van der Waals surface area contributed by atoms with E-state index >= 15 is 0 Å². The van der Waals surface area contributed by atoms with Crippen LogP contribution in [0.3, 0.4) is 0 Å². The van der Waals surface area contributed by atoms with Gasteiger partial charge in [-0.05, 0) is 37.7 Å². The van der Waals surface area contributed by atoms with Crippen molar-refractivity contribution in [3.63, 3.8) is 0 Å². The summed E-state index contributed by atoms with van der Waals surface area (Å²) in [5.41, 5.74) is 3.06. The van der Waals surface area contributed by atoms with Crippen molar-refractivity contribution in [1.82, 2.24) is 30.1 Å². The van der Waals surface area contributed by atoms with Crippen LogP contribution in [-0.4, -0.2) is 107 Å². The number of ether oxygens (including phenoxy) is 1. The Morgan fingerprint density at radius 2 is 1.95 bits per heavy atom. The number of rotatable bonds is 9. The standard InChI is InChI=1S/C30H35ClN8O4/c1-18(28(41)35-25(15-40)24-4-3-5-26(34-24)38-10-8-37(2)9-11-38)39-14-20-7-6-19(12-22(20)29(39)42)27-23(31)13-32-30(36-27)33-21-16-43-17-21/h3-7,12-13,18,21,25,40H,8-11,14-17H2,1-2H3,(H,35,41)(H,32,33,36)/t18-,25-/m1/s1. The molecule has 0 radical (unpaired) electrons. The summed E-state index contributed by atoms with van der Waals surface area (Å²) in [5, 5.41) is 16.6. The Morgan fingerprint density at radius 3 is 2.67 bits per heavy atom. The minimum Gasteiger partial charge on any atom is -0.394 e. The number of hydrogen-bond donors (Lipinski definition) is 3. The summed E-state index contributed by atoms with van der Waals surface area (Å²) in [4.78, 5) is 46.5. The third-order valence-electron chi connectivity index (χ3n) is 8.22. The highest BCUT2D eigenvalue weighted by atomic mass is 35.5. The SMILES string of the molecule is C[C@H](C(=O)N[C@H](CO)c1cccc(N2CCN(C)CC2)n1)N1Cc2ccc(-c3nc(NC4COC4)ncc3Cl)cc2C1=O. The Hall–Kier alpha value is -3.84. The Kier molecular flexibility index (Phi) is 8.44. The minimum atomic E-state index is -0.777. The molecule has 1 aromatic carbocycles. The number of amides is 2. The van der Waals surface area contributed by atoms with E-state index in [9.17, 15) is 14.7 Å². The van der Waals surface area contributed by atoms with Crippen LogP contribution in [0.15, 0.2) is 42.6 Å². The van der Waals surface area contributed by atoms with E-state index in [0.717, 1.165) is 37.6 Å². The van der Waals surface area contributed by atoms with E-state index in [-0.39, 0.29) is 31.0 Å². The van der Waals surface area contributed by atoms with Crippen molar-refractivity contribution in [1.29, 1.82) is 0 Å². The van der Waals surface area contributed by atoms with E-state index in [1.807, 2.05) is 24.3 Å². The normalized spacial score (nSPS) is 18.7. The molecule has 0 bridgehead atoms. The second-order valence-corrected chi connectivity index (χ2v) is 11.6. The van der Waals surface area contributed by atoms with Crippen LogP contribution < -0.4 is 15.5 Å². The first-order chi connectivity index (χ1) is 20.8. The zero-order chi connectivity index (χ0) is 30.1. The van der Waals surface area contributed by atoms with Crippen LogP contribution in [0.25, 0.3) is 11.3 Å². The molecule has 2 atom stereocenters. The molecule has 3 aliphatic heterocycles. The van der Waals surface area contributed by atoms with Crippen molar-refractivity contribution >= 4 is 35.2 Å². The van der Waals surface area contributed by atoms with Gasteiger partial charge in [0.1, 0.15) is 11.9 Å². The third-order valence-corrected chi connectivity index (χ3v) is 8.49. The van der Waals surface area contributed by atoms with Crippen molar-refractivity contribution in [3.05, 3.63) is 64.4 Å². The molecule has 226 valence electrons. The zero-order valence-corrected chi connectivity index (χ0v) is 24.9. The van der Waals surface area contributed by atoms with Gasteiger partial charge >= 0.3 is 0 Å². The maximum atomic E-state index is 13.5. The lowest BCUT2D eigenvalue weighted by Crippen LogP contribution is -2.47. The molecule has 0 saturated carbocycles. The first-order valence-corrected chi connectivity index (χ1v) is 14.8. The van der Waals surface area contributed by atoms with Gasteiger partial charge in [0.05, 0.1) is 54.5 Å². The highest BCUT2D eigenvalue weighted by Crippen LogP contribution is 2.32. The molecule has 2 fully saturated rings. The summed E-state index contributed by atoms with van der Waals surface area (Å²) in [6.45, 7) is 6.44. The van der Waals surface area contributed by atoms with Gasteiger partial charge in [0.2, 0.25) is 11.9 Å². The van der Waals surface area contributed by atoms with E-state index in [2.05, 4.69) is 37.4 Å². The van der Waals surface area contributed by atoms with Crippen LogP contribution in [0.5, 0.6) is 0 Å². The molecule has 13 heteroatoms. The third kappa shape index (κ3) is 6.14. The fourth-order valence-electron chi connectivity index (χ4n) is 5.42. The van der Waals surface area contributed by atoms with Gasteiger partial charge in [-0.1, -0.05) is 29.8 Å². The number of piperazine rings is 1. The predicted octanol–water partition coefficient (Wildman–Crippen LogP) is 1.95. The van der Waals surface area contributed by atoms with Gasteiger partial charge in [-0.25, -0.2) is 15.0 Å². The highest BCUT2D eigenvalue weighted by Gasteiger charge is 2.35. The molecule has 2 saturated heterocycles. The summed E-state index contributed by atoms with van der Waals surface area (Å²) in [6, 6.07) is 9.78. The number of aromatic nitrogens is 3. The number of aliphatic hydroxyl groups is 1. The van der Waals surface area contributed by atoms with Gasteiger partial charge in [0.25, 0.3) is 5.91 Å². The number of anilines is 2. The van der Waals surface area contributed by atoms with Crippen LogP contribution in [0.4, 0.5) is 11.8 Å². The number of benzene rings is 1. The lowest BCUT2D eigenvalue weighted by molar-refractivity contribution is -0.126. The fourth-order valence-corrected chi connectivity index (χ4v) is 5.62. The second-order valence-electron chi connectivity index (χ2n) is 11.2. The number of aliphatic hydroxyl groups excluding tert-OH is 1. The number of likely N-dealkylation sites (N-methyl/N-ethyl adjacent to an activating group) is 1. The summed E-state index contributed by atoms with van der Waals surface area (Å²) in [5.74, 6) is 0.622. The van der Waals surface area contributed by atoms with E-state index < -0.39 is 12.1 Å². The Balaban J connectivity index is 1.14. The van der Waals surface area contributed by atoms with Gasteiger partial charge in [0.15, 0.2) is 0 Å². The summed E-state index contributed by atoms with van der Waals surface area (Å²) in [6.07, 6.45) is 1.53. The van der Waals surface area contributed by atoms with Crippen LogP contribution in [-0.2, 0) is 16.1 Å². The Morgan fingerprint density at radius 1 is 1.16 bits per heavy atom. The van der Waals surface area contributed by atoms with Crippen molar-refractivity contribution in [2.75, 3.05) is 63.3 Å². The molecular formula is C30H35ClN8O4. The molecule has 3 N–H and O–H groups in total. The van der Waals surface area contributed by atoms with Gasteiger partial charge in [-0.15, -0.1) is 0 Å². The maximum absolute atomic E-state index is 13.5. The van der Waals surface area contributed by atoms with Crippen molar-refractivity contribution in [2.24, 2.45) is 0 Å². The molecule has 2 amide bonds. The van der Waals surface area contributed by atoms with Crippen molar-refractivity contribution in [2.45, 2.75) is 31.6 Å². The van der Waals surface area contributed by atoms with Crippen LogP contribution in [0.2, 0.25) is 5.02 Å². The number of halogens is 1. The van der Waals surface area contributed by atoms with Crippen LogP contribution >= 0.6 is 11.6 Å². The molecule has 0 spiro atoms. The van der Waals surface area contributed by atoms with E-state index in [0.29, 0.717) is 46.7 Å². The largest absolute Gasteiger partial charge is 0.394 e. The number of fused-ring (bicyclic) bond motifs is 1. The average Bonchev–Trinajstić information content (AvgIpc) is 3.33. The summed E-state index contributed by atoms with van der Waals surface area (Å²) in [7, 11) is 2.09. The number of nitrogens with zero attached hydrogens (tertiary/aromatic N) is 6. The minimum absolute atomic E-state index is 0.152. The number of hydrogen-bond acceptors (Lipinski definition) is 10. The first-order valence-electron chi connectivity index (χ1n) is 14.4. The van der Waals surface area contributed by atoms with Crippen molar-refractivity contribution in [3.8, 4) is 11.3 Å². The van der Waals surface area contributed by atoms with E-state index in [4.69, 9.17) is 21.3 Å². The molecule has 0 unspecified atom stereocenters. The van der Waals surface area contributed by atoms with Gasteiger partial charge in [-0.2, -0.15) is 0 Å². The highest BCUT2D eigenvalue weighted by molar-refractivity contribution is 6.33. The molecule has 12 nitrogen and oxygen atoms in total. The van der Waals surface area contributed by atoms with E-state index in [1.165, 1.54) is 11.1 Å². The van der Waals surface area contributed by atoms with Gasteiger partial charge in [-0.3, -0.25) is 9.59 Å². The predicted molar refractivity (Wildman–Crippen MR) is 162 cm³/mol. The van der Waals surface area contributed by atoms with Gasteiger partial charge < -0.3 is 35.2 Å². The fraction of sp³-hybridized carbons (Fsp3) is 0.433. The molecular weight excluding hydrogens is 572 g/mol. The molecule has 3 aromatic rings. The topological polar surface area (TPSA) is 136 Å². The quantitative estimate of drug-likeness (QED) is 0.332. The van der Waals surface area contributed by atoms with Crippen LogP contribution in [0, 0.1) is 0 Å². The molecule has 6 rings (SSSR count). The number of pyridine rings is 1. The molecule has 5 heterocycles. The van der Waals surface area contributed by atoms with Crippen molar-refractivity contribution < 1.29 is 19.4 Å². The second kappa shape index (κ2) is 12.4. The average molecular weight is 607 g/mol. The molecule has 43 heavy (non-hydrogen) atoms. The molecule has 2 aromatic heterocycles. The zero-order valence-electron chi connectivity index (χ0n) is 24.2. The number of carbonyl (C=O) groups excluding carboxylic acids is 2.